The number of allylic oxidation sites excluding steroid dienone is 1. The minimum atomic E-state index is -0.849. The number of ketones is 1. The highest BCUT2D eigenvalue weighted by atomic mass is 79.9. The zero-order chi connectivity index (χ0) is 22.8. The summed E-state index contributed by atoms with van der Waals surface area (Å²) in [5.74, 6) is -1.48. The molecular weight excluding hydrogens is 482 g/mol. The molecule has 32 heavy (non-hydrogen) atoms. The molecule has 11 heteroatoms. The summed E-state index contributed by atoms with van der Waals surface area (Å²) in [6.07, 6.45) is 0. The van der Waals surface area contributed by atoms with Gasteiger partial charge in [0.05, 0.1) is 25.4 Å². The van der Waals surface area contributed by atoms with Crippen LogP contribution in [-0.4, -0.2) is 52.1 Å². The smallest absolute Gasteiger partial charge is 0.355 e. The third-order valence-corrected chi connectivity index (χ3v) is 5.43. The molecule has 162 valence electrons. The molecule has 1 aromatic heterocycles. The number of aromatic nitrogens is 4. The number of tetrazole rings is 1. The van der Waals surface area contributed by atoms with Gasteiger partial charge in [-0.2, -0.15) is 4.68 Å². The molecule has 0 fully saturated rings. The van der Waals surface area contributed by atoms with E-state index in [9.17, 15) is 14.4 Å². The first kappa shape index (κ1) is 21.4. The largest absolute Gasteiger partial charge is 0.465 e. The maximum Gasteiger partial charge on any atom is 0.355 e. The lowest BCUT2D eigenvalue weighted by atomic mass is 9.89. The zero-order valence-electron chi connectivity index (χ0n) is 16.9. The molecule has 0 bridgehead atoms. The number of carbonyl (C=O) groups is 3. The molecule has 1 N–H and O–H groups in total. The van der Waals surface area contributed by atoms with Gasteiger partial charge in [0.15, 0.2) is 5.78 Å². The van der Waals surface area contributed by atoms with Crippen molar-refractivity contribution in [2.75, 3.05) is 19.5 Å². The van der Waals surface area contributed by atoms with E-state index in [1.54, 1.807) is 48.5 Å². The van der Waals surface area contributed by atoms with Gasteiger partial charge in [-0.25, -0.2) is 9.59 Å². The van der Waals surface area contributed by atoms with Crippen molar-refractivity contribution in [2.45, 2.75) is 6.04 Å². The van der Waals surface area contributed by atoms with Crippen LogP contribution in [0.2, 0.25) is 0 Å². The monoisotopic (exact) mass is 497 g/mol. The Morgan fingerprint density at radius 2 is 1.56 bits per heavy atom. The van der Waals surface area contributed by atoms with Crippen LogP contribution in [0.5, 0.6) is 0 Å². The summed E-state index contributed by atoms with van der Waals surface area (Å²) in [7, 11) is 2.51. The van der Waals surface area contributed by atoms with Crippen molar-refractivity contribution < 1.29 is 23.9 Å². The van der Waals surface area contributed by atoms with Gasteiger partial charge in [-0.1, -0.05) is 33.2 Å². The Balaban J connectivity index is 1.90. The number of fused-ring (bicyclic) bond motifs is 1. The van der Waals surface area contributed by atoms with Crippen molar-refractivity contribution >= 4 is 39.6 Å². The van der Waals surface area contributed by atoms with Crippen LogP contribution in [0.25, 0.3) is 0 Å². The minimum Gasteiger partial charge on any atom is -0.465 e. The van der Waals surface area contributed by atoms with E-state index in [0.29, 0.717) is 16.7 Å². The standard InChI is InChI=1S/C21H16BrN5O5/c1-31-19(29)13-5-3-11(4-6-13)17-15(18(28)12-7-9-14(22)10-8-12)16(20(30)32-2)23-21-24-25-26-27(17)21/h3-10,17H,1-2H3,(H,23,24,26)/t17-/m1/s1. The molecular formula is C21H16BrN5O5. The average molecular weight is 498 g/mol. The summed E-state index contributed by atoms with van der Waals surface area (Å²) >= 11 is 3.35. The maximum atomic E-state index is 13.6. The van der Waals surface area contributed by atoms with Gasteiger partial charge in [0.2, 0.25) is 5.95 Å². The molecule has 1 atom stereocenters. The van der Waals surface area contributed by atoms with Gasteiger partial charge in [0, 0.05) is 10.0 Å². The van der Waals surface area contributed by atoms with Gasteiger partial charge in [-0.15, -0.1) is 0 Å². The van der Waals surface area contributed by atoms with Crippen LogP contribution in [0.15, 0.2) is 64.3 Å². The summed E-state index contributed by atoms with van der Waals surface area (Å²) in [6, 6.07) is 12.3. The summed E-state index contributed by atoms with van der Waals surface area (Å²) in [5.41, 5.74) is 1.31. The molecule has 4 rings (SSSR count). The molecule has 3 aromatic rings. The number of methoxy groups -OCH3 is 2. The number of halogens is 1. The predicted molar refractivity (Wildman–Crippen MR) is 115 cm³/mol. The maximum absolute atomic E-state index is 13.6. The first-order valence-corrected chi connectivity index (χ1v) is 10.1. The SMILES string of the molecule is COC(=O)C1=C(C(=O)c2ccc(Br)cc2)[C@@H](c2ccc(C(=O)OC)cc2)n2nnnc2N1. The third kappa shape index (κ3) is 3.78. The van der Waals surface area contributed by atoms with Gasteiger partial charge in [0.25, 0.3) is 0 Å². The van der Waals surface area contributed by atoms with Gasteiger partial charge in [-0.05, 0) is 52.4 Å². The van der Waals surface area contributed by atoms with E-state index in [1.165, 1.54) is 18.9 Å². The van der Waals surface area contributed by atoms with E-state index >= 15 is 0 Å². The molecule has 0 amide bonds. The van der Waals surface area contributed by atoms with Crippen LogP contribution in [0.3, 0.4) is 0 Å². The van der Waals surface area contributed by atoms with E-state index in [2.05, 4.69) is 36.8 Å². The fourth-order valence-corrected chi connectivity index (χ4v) is 3.64. The number of carbonyl (C=O) groups excluding carboxylic acids is 3. The third-order valence-electron chi connectivity index (χ3n) is 4.91. The highest BCUT2D eigenvalue weighted by Gasteiger charge is 2.38. The molecule has 0 unspecified atom stereocenters. The van der Waals surface area contributed by atoms with Crippen LogP contribution >= 0.6 is 15.9 Å². The number of hydrogen-bond acceptors (Lipinski definition) is 9. The normalized spacial score (nSPS) is 14.9. The van der Waals surface area contributed by atoms with E-state index < -0.39 is 23.8 Å². The lowest BCUT2D eigenvalue weighted by Gasteiger charge is -2.28. The highest BCUT2D eigenvalue weighted by molar-refractivity contribution is 9.10. The van der Waals surface area contributed by atoms with E-state index in [-0.39, 0.29) is 17.2 Å². The number of benzene rings is 2. The Morgan fingerprint density at radius 1 is 0.938 bits per heavy atom. The van der Waals surface area contributed by atoms with E-state index in [0.717, 1.165) is 4.47 Å². The number of Topliss-reactive ketones (excluding diaryl/α,β-unsaturated/α-hetero) is 1. The molecule has 0 saturated heterocycles. The van der Waals surface area contributed by atoms with Crippen molar-refractivity contribution in [3.05, 3.63) is 81.0 Å². The van der Waals surface area contributed by atoms with Crippen LogP contribution in [-0.2, 0) is 14.3 Å². The molecule has 0 aliphatic carbocycles. The molecule has 0 saturated carbocycles. The first-order chi connectivity index (χ1) is 15.4. The predicted octanol–water partition coefficient (Wildman–Crippen LogP) is 2.55. The second kappa shape index (κ2) is 8.71. The summed E-state index contributed by atoms with van der Waals surface area (Å²) in [5, 5.41) is 14.4. The first-order valence-electron chi connectivity index (χ1n) is 9.30. The fourth-order valence-electron chi connectivity index (χ4n) is 3.37. The summed E-state index contributed by atoms with van der Waals surface area (Å²) < 4.78 is 11.8. The van der Waals surface area contributed by atoms with Crippen LogP contribution in [0, 0.1) is 0 Å². The van der Waals surface area contributed by atoms with E-state index in [4.69, 9.17) is 9.47 Å². The number of ether oxygens (including phenoxy) is 2. The zero-order valence-corrected chi connectivity index (χ0v) is 18.5. The Morgan fingerprint density at radius 3 is 2.19 bits per heavy atom. The number of nitrogens with one attached hydrogen (secondary N) is 1. The Labute approximate surface area is 190 Å². The number of rotatable bonds is 5. The van der Waals surface area contributed by atoms with Crippen molar-refractivity contribution in [1.29, 1.82) is 0 Å². The van der Waals surface area contributed by atoms with Crippen molar-refractivity contribution in [3.8, 4) is 0 Å². The lowest BCUT2D eigenvalue weighted by Crippen LogP contribution is -2.33. The Bertz CT molecular complexity index is 1230. The highest BCUT2D eigenvalue weighted by Crippen LogP contribution is 2.36. The number of nitrogens with zero attached hydrogens (tertiary/aromatic N) is 4. The number of esters is 2. The molecule has 2 heterocycles. The number of hydrogen-bond donors (Lipinski definition) is 1. The molecule has 0 radical (unpaired) electrons. The van der Waals surface area contributed by atoms with E-state index in [1.807, 2.05) is 0 Å². The van der Waals surface area contributed by atoms with Crippen LogP contribution in [0.1, 0.15) is 32.3 Å². The van der Waals surface area contributed by atoms with Crippen molar-refractivity contribution in [2.24, 2.45) is 0 Å². The molecule has 1 aliphatic heterocycles. The fraction of sp³-hybridized carbons (Fsp3) is 0.143. The van der Waals surface area contributed by atoms with Gasteiger partial charge >= 0.3 is 11.9 Å². The van der Waals surface area contributed by atoms with Gasteiger partial charge in [0.1, 0.15) is 11.7 Å². The summed E-state index contributed by atoms with van der Waals surface area (Å²) in [4.78, 5) is 38.0. The molecule has 0 spiro atoms. The minimum absolute atomic E-state index is 0.0650. The second-order valence-electron chi connectivity index (χ2n) is 6.70. The van der Waals surface area contributed by atoms with Gasteiger partial charge < -0.3 is 14.8 Å². The van der Waals surface area contributed by atoms with Crippen LogP contribution < -0.4 is 5.32 Å². The Kier molecular flexibility index (Phi) is 5.82. The number of anilines is 1. The lowest BCUT2D eigenvalue weighted by molar-refractivity contribution is -0.136. The average Bonchev–Trinajstić information content (AvgIpc) is 3.30. The van der Waals surface area contributed by atoms with Crippen LogP contribution in [0.4, 0.5) is 5.95 Å². The topological polar surface area (TPSA) is 125 Å². The van der Waals surface area contributed by atoms with Crippen molar-refractivity contribution in [3.63, 3.8) is 0 Å². The molecule has 1 aliphatic rings. The summed E-state index contributed by atoms with van der Waals surface area (Å²) in [6.45, 7) is 0. The molecule has 2 aromatic carbocycles. The molecule has 10 nitrogen and oxygen atoms in total. The van der Waals surface area contributed by atoms with Crippen molar-refractivity contribution in [1.82, 2.24) is 20.2 Å². The quantitative estimate of drug-likeness (QED) is 0.417. The Hall–Kier alpha value is -3.86. The van der Waals surface area contributed by atoms with Gasteiger partial charge in [-0.3, -0.25) is 4.79 Å². The second-order valence-corrected chi connectivity index (χ2v) is 7.62.